The molecule has 1 atom stereocenters. The van der Waals surface area contributed by atoms with Gasteiger partial charge in [-0.25, -0.2) is 4.39 Å². The highest BCUT2D eigenvalue weighted by molar-refractivity contribution is 6.30. The Balaban J connectivity index is 1.85. The maximum atomic E-state index is 13.5. The third-order valence-electron chi connectivity index (χ3n) is 5.38. The standard InChI is InChI=1S/C21H20ClFN2O2/c22-15-7-10-18-17(11-15)20(13-5-8-16(23)9-6-13)25(12-19(26)24-18)21(27)14-3-1-2-4-14/h5-11,14,20H,1-4,12H2,(H,24,26)/t20-/m1/s1. The topological polar surface area (TPSA) is 49.4 Å². The van der Waals surface area contributed by atoms with E-state index in [1.54, 1.807) is 35.2 Å². The molecule has 0 saturated heterocycles. The lowest BCUT2D eigenvalue weighted by atomic mass is 9.94. The molecule has 0 spiro atoms. The largest absolute Gasteiger partial charge is 0.324 e. The van der Waals surface area contributed by atoms with Crippen LogP contribution in [0.5, 0.6) is 0 Å². The summed E-state index contributed by atoms with van der Waals surface area (Å²) in [6, 6.07) is 10.8. The van der Waals surface area contributed by atoms with Crippen molar-refractivity contribution in [2.45, 2.75) is 31.7 Å². The van der Waals surface area contributed by atoms with Crippen LogP contribution in [0.3, 0.4) is 0 Å². The molecule has 4 rings (SSSR count). The predicted octanol–water partition coefficient (Wildman–Crippen LogP) is 4.54. The summed E-state index contributed by atoms with van der Waals surface area (Å²) in [5, 5.41) is 3.39. The van der Waals surface area contributed by atoms with E-state index in [-0.39, 0.29) is 30.1 Å². The molecule has 27 heavy (non-hydrogen) atoms. The van der Waals surface area contributed by atoms with Crippen molar-refractivity contribution in [3.63, 3.8) is 0 Å². The molecule has 4 nitrogen and oxygen atoms in total. The molecule has 1 fully saturated rings. The SMILES string of the molecule is O=C1CN(C(=O)C2CCCC2)[C@H](c2ccc(F)cc2)c2cc(Cl)ccc2N1. The number of carbonyl (C=O) groups is 2. The van der Waals surface area contributed by atoms with E-state index in [1.807, 2.05) is 0 Å². The van der Waals surface area contributed by atoms with E-state index in [0.29, 0.717) is 10.7 Å². The van der Waals surface area contributed by atoms with E-state index in [0.717, 1.165) is 36.8 Å². The van der Waals surface area contributed by atoms with Crippen LogP contribution < -0.4 is 5.32 Å². The molecule has 0 bridgehead atoms. The van der Waals surface area contributed by atoms with E-state index in [1.165, 1.54) is 12.1 Å². The zero-order valence-corrected chi connectivity index (χ0v) is 15.5. The van der Waals surface area contributed by atoms with Crippen LogP contribution in [0.25, 0.3) is 0 Å². The first kappa shape index (κ1) is 18.0. The van der Waals surface area contributed by atoms with Gasteiger partial charge in [-0.3, -0.25) is 9.59 Å². The van der Waals surface area contributed by atoms with Crippen molar-refractivity contribution in [1.29, 1.82) is 0 Å². The highest BCUT2D eigenvalue weighted by Crippen LogP contribution is 2.39. The Bertz CT molecular complexity index is 878. The van der Waals surface area contributed by atoms with Crippen LogP contribution in [0.15, 0.2) is 42.5 Å². The summed E-state index contributed by atoms with van der Waals surface area (Å²) >= 11 is 6.22. The second-order valence-corrected chi connectivity index (χ2v) is 7.62. The van der Waals surface area contributed by atoms with Gasteiger partial charge in [0.25, 0.3) is 0 Å². The molecule has 2 aromatic carbocycles. The minimum Gasteiger partial charge on any atom is -0.324 e. The molecule has 6 heteroatoms. The third-order valence-corrected chi connectivity index (χ3v) is 5.62. The molecule has 0 unspecified atom stereocenters. The minimum atomic E-state index is -0.494. The normalized spacial score (nSPS) is 20.1. The molecule has 0 radical (unpaired) electrons. The van der Waals surface area contributed by atoms with Crippen molar-refractivity contribution in [2.75, 3.05) is 11.9 Å². The average Bonchev–Trinajstić information content (AvgIpc) is 3.14. The average molecular weight is 387 g/mol. The van der Waals surface area contributed by atoms with E-state index >= 15 is 0 Å². The maximum Gasteiger partial charge on any atom is 0.244 e. The van der Waals surface area contributed by atoms with Gasteiger partial charge in [0, 0.05) is 22.2 Å². The van der Waals surface area contributed by atoms with E-state index in [2.05, 4.69) is 5.32 Å². The van der Waals surface area contributed by atoms with Crippen molar-refractivity contribution >= 4 is 29.1 Å². The fourth-order valence-corrected chi connectivity index (χ4v) is 4.27. The van der Waals surface area contributed by atoms with Gasteiger partial charge in [0.2, 0.25) is 11.8 Å². The quantitative estimate of drug-likeness (QED) is 0.823. The first-order valence-corrected chi connectivity index (χ1v) is 9.56. The lowest BCUT2D eigenvalue weighted by Gasteiger charge is -2.32. The van der Waals surface area contributed by atoms with Gasteiger partial charge < -0.3 is 10.2 Å². The molecule has 1 N–H and O–H groups in total. The molecule has 2 aliphatic rings. The van der Waals surface area contributed by atoms with E-state index in [4.69, 9.17) is 11.6 Å². The summed E-state index contributed by atoms with van der Waals surface area (Å²) in [4.78, 5) is 27.4. The molecule has 140 valence electrons. The maximum absolute atomic E-state index is 13.5. The monoisotopic (exact) mass is 386 g/mol. The second kappa shape index (κ2) is 7.31. The molecule has 1 aliphatic carbocycles. The first-order chi connectivity index (χ1) is 13.0. The number of rotatable bonds is 2. The van der Waals surface area contributed by atoms with Crippen molar-refractivity contribution in [3.8, 4) is 0 Å². The summed E-state index contributed by atoms with van der Waals surface area (Å²) in [7, 11) is 0. The fourth-order valence-electron chi connectivity index (χ4n) is 4.09. The van der Waals surface area contributed by atoms with Gasteiger partial charge in [-0.15, -0.1) is 0 Å². The Morgan fingerprint density at radius 3 is 2.52 bits per heavy atom. The zero-order valence-electron chi connectivity index (χ0n) is 14.8. The smallest absolute Gasteiger partial charge is 0.244 e. The number of nitrogens with zero attached hydrogens (tertiary/aromatic N) is 1. The van der Waals surface area contributed by atoms with Crippen LogP contribution in [0.1, 0.15) is 42.9 Å². The van der Waals surface area contributed by atoms with E-state index < -0.39 is 6.04 Å². The Hall–Kier alpha value is -2.40. The number of nitrogens with one attached hydrogen (secondary N) is 1. The van der Waals surface area contributed by atoms with Gasteiger partial charge in [0.05, 0.1) is 6.04 Å². The van der Waals surface area contributed by atoms with Crippen molar-refractivity contribution in [3.05, 3.63) is 64.4 Å². The van der Waals surface area contributed by atoms with Crippen LogP contribution in [0.2, 0.25) is 5.02 Å². The second-order valence-electron chi connectivity index (χ2n) is 7.18. The third kappa shape index (κ3) is 3.56. The molecule has 0 aromatic heterocycles. The van der Waals surface area contributed by atoms with Crippen LogP contribution in [0.4, 0.5) is 10.1 Å². The summed E-state index contributed by atoms with van der Waals surface area (Å²) in [5.74, 6) is -0.678. The molecule has 2 aromatic rings. The van der Waals surface area contributed by atoms with Gasteiger partial charge in [0.1, 0.15) is 12.4 Å². The van der Waals surface area contributed by atoms with Gasteiger partial charge in [-0.1, -0.05) is 36.6 Å². The summed E-state index contributed by atoms with van der Waals surface area (Å²) in [6.07, 6.45) is 3.74. The number of hydrogen-bond donors (Lipinski definition) is 1. The lowest BCUT2D eigenvalue weighted by molar-refractivity contribution is -0.139. The van der Waals surface area contributed by atoms with Gasteiger partial charge in [-0.2, -0.15) is 0 Å². The summed E-state index contributed by atoms with van der Waals surface area (Å²) in [6.45, 7) is -0.0380. The number of halogens is 2. The fraction of sp³-hybridized carbons (Fsp3) is 0.333. The van der Waals surface area contributed by atoms with Crippen LogP contribution in [-0.4, -0.2) is 23.3 Å². The Kier molecular flexibility index (Phi) is 4.87. The molecule has 2 amide bonds. The Labute approximate surface area is 162 Å². The van der Waals surface area contributed by atoms with Crippen molar-refractivity contribution in [2.24, 2.45) is 5.92 Å². The zero-order chi connectivity index (χ0) is 19.0. The highest BCUT2D eigenvalue weighted by atomic mass is 35.5. The first-order valence-electron chi connectivity index (χ1n) is 9.18. The van der Waals surface area contributed by atoms with Crippen LogP contribution >= 0.6 is 11.6 Å². The Morgan fingerprint density at radius 1 is 1.11 bits per heavy atom. The molecule has 1 aliphatic heterocycles. The van der Waals surface area contributed by atoms with Crippen LogP contribution in [-0.2, 0) is 9.59 Å². The van der Waals surface area contributed by atoms with Gasteiger partial charge >= 0.3 is 0 Å². The van der Waals surface area contributed by atoms with Gasteiger partial charge in [-0.05, 0) is 48.7 Å². The number of hydrogen-bond acceptors (Lipinski definition) is 2. The molecule has 1 saturated carbocycles. The molecule has 1 heterocycles. The number of benzene rings is 2. The number of fused-ring (bicyclic) bond motifs is 1. The molecular weight excluding hydrogens is 367 g/mol. The lowest BCUT2D eigenvalue weighted by Crippen LogP contribution is -2.41. The minimum absolute atomic E-state index is 0.0233. The summed E-state index contributed by atoms with van der Waals surface area (Å²) < 4.78 is 13.5. The number of amides is 2. The number of anilines is 1. The van der Waals surface area contributed by atoms with Gasteiger partial charge in [0.15, 0.2) is 0 Å². The highest BCUT2D eigenvalue weighted by Gasteiger charge is 2.37. The Morgan fingerprint density at radius 2 is 1.81 bits per heavy atom. The molecular formula is C21H20ClFN2O2. The predicted molar refractivity (Wildman–Crippen MR) is 102 cm³/mol. The number of carbonyl (C=O) groups excluding carboxylic acids is 2. The van der Waals surface area contributed by atoms with E-state index in [9.17, 15) is 14.0 Å². The van der Waals surface area contributed by atoms with Crippen molar-refractivity contribution in [1.82, 2.24) is 4.90 Å². The van der Waals surface area contributed by atoms with Crippen molar-refractivity contribution < 1.29 is 14.0 Å². The van der Waals surface area contributed by atoms with Crippen LogP contribution in [0, 0.1) is 11.7 Å². The summed E-state index contributed by atoms with van der Waals surface area (Å²) in [5.41, 5.74) is 2.12.